The van der Waals surface area contributed by atoms with Gasteiger partial charge in [0.2, 0.25) is 0 Å². The highest BCUT2D eigenvalue weighted by molar-refractivity contribution is 5.78. The van der Waals surface area contributed by atoms with Crippen molar-refractivity contribution in [2.24, 2.45) is 5.92 Å². The summed E-state index contributed by atoms with van der Waals surface area (Å²) in [5.41, 5.74) is 0.746. The second-order valence-corrected chi connectivity index (χ2v) is 3.73. The Bertz CT molecular complexity index is 148. The van der Waals surface area contributed by atoms with Gasteiger partial charge in [-0.15, -0.1) is 0 Å². The first-order chi connectivity index (χ1) is 6.70. The normalized spacial score (nSPS) is 12.8. The Hall–Kier alpha value is -0.410. The molecule has 0 aliphatic heterocycles. The third-order valence-corrected chi connectivity index (χ3v) is 2.23. The van der Waals surface area contributed by atoms with Crippen LogP contribution in [0.15, 0.2) is 0 Å². The minimum absolute atomic E-state index is 0.212. The van der Waals surface area contributed by atoms with E-state index in [0.29, 0.717) is 6.61 Å². The summed E-state index contributed by atoms with van der Waals surface area (Å²) in [6.07, 6.45) is 4.02. The molecule has 0 aliphatic rings. The molecule has 3 nitrogen and oxygen atoms in total. The maximum Gasteiger partial charge on any atom is 0.0516 e. The predicted molar refractivity (Wildman–Crippen MR) is 58.9 cm³/mol. The van der Waals surface area contributed by atoms with Gasteiger partial charge >= 0.3 is 0 Å². The zero-order valence-corrected chi connectivity index (χ0v) is 9.38. The van der Waals surface area contributed by atoms with E-state index in [4.69, 9.17) is 15.3 Å². The third kappa shape index (κ3) is 8.20. The molecule has 0 saturated carbocycles. The zero-order chi connectivity index (χ0) is 10.8. The summed E-state index contributed by atoms with van der Waals surface area (Å²) in [5.74, 6) is 0.279. The van der Waals surface area contributed by atoms with Crippen molar-refractivity contribution >= 4 is 5.71 Å². The van der Waals surface area contributed by atoms with E-state index in [0.717, 1.165) is 38.0 Å². The van der Waals surface area contributed by atoms with Gasteiger partial charge in [0.25, 0.3) is 0 Å². The molecule has 0 aromatic carbocycles. The van der Waals surface area contributed by atoms with Crippen molar-refractivity contribution in [3.63, 3.8) is 0 Å². The van der Waals surface area contributed by atoms with Crippen LogP contribution in [-0.2, 0) is 4.74 Å². The van der Waals surface area contributed by atoms with Crippen molar-refractivity contribution < 1.29 is 9.84 Å². The third-order valence-electron chi connectivity index (χ3n) is 2.23. The molecule has 0 amide bonds. The van der Waals surface area contributed by atoms with Crippen LogP contribution < -0.4 is 0 Å². The molecule has 0 fully saturated rings. The van der Waals surface area contributed by atoms with Crippen molar-refractivity contribution in [3.05, 3.63) is 0 Å². The number of nitrogens with one attached hydrogen (secondary N) is 1. The van der Waals surface area contributed by atoms with Gasteiger partial charge in [0.05, 0.1) is 6.61 Å². The number of rotatable bonds is 9. The Balaban J connectivity index is 3.37. The Morgan fingerprint density at radius 1 is 1.43 bits per heavy atom. The molecule has 0 spiro atoms. The number of aliphatic hydroxyl groups excluding tert-OH is 1. The van der Waals surface area contributed by atoms with Crippen LogP contribution in [0, 0.1) is 11.3 Å². The monoisotopic (exact) mass is 201 g/mol. The molecule has 0 radical (unpaired) electrons. The Kier molecular flexibility index (Phi) is 8.89. The molecule has 14 heavy (non-hydrogen) atoms. The lowest BCUT2D eigenvalue weighted by Crippen LogP contribution is -2.14. The van der Waals surface area contributed by atoms with Crippen LogP contribution in [0.5, 0.6) is 0 Å². The number of hydrogen-bond acceptors (Lipinski definition) is 3. The zero-order valence-electron chi connectivity index (χ0n) is 9.38. The highest BCUT2D eigenvalue weighted by atomic mass is 16.5. The van der Waals surface area contributed by atoms with Crippen molar-refractivity contribution in [1.82, 2.24) is 0 Å². The summed E-state index contributed by atoms with van der Waals surface area (Å²) in [4.78, 5) is 0. The smallest absolute Gasteiger partial charge is 0.0516 e. The van der Waals surface area contributed by atoms with Crippen LogP contribution in [0.1, 0.15) is 39.5 Å². The number of aliphatic hydroxyl groups is 1. The molecule has 0 rings (SSSR count). The number of unbranched alkanes of at least 4 members (excludes halogenated alkanes) is 1. The molecule has 0 saturated heterocycles. The number of hydrogen-bond donors (Lipinski definition) is 2. The Morgan fingerprint density at radius 2 is 2.14 bits per heavy atom. The first-order valence-corrected chi connectivity index (χ1v) is 5.43. The van der Waals surface area contributed by atoms with Crippen LogP contribution in [0.25, 0.3) is 0 Å². The fourth-order valence-corrected chi connectivity index (χ4v) is 1.34. The molecular formula is C11H23NO2. The minimum atomic E-state index is 0.212. The summed E-state index contributed by atoms with van der Waals surface area (Å²) in [6.45, 7) is 5.40. The standard InChI is InChI=1S/C11H23NO2/c1-3-14-9-11(8-13)7-5-4-6-10(2)12/h11-13H,3-9H2,1-2H3. The highest BCUT2D eigenvalue weighted by Gasteiger charge is 2.06. The van der Waals surface area contributed by atoms with Crippen LogP contribution in [-0.4, -0.2) is 30.6 Å². The van der Waals surface area contributed by atoms with Crippen molar-refractivity contribution in [1.29, 1.82) is 5.41 Å². The van der Waals surface area contributed by atoms with Gasteiger partial charge in [0, 0.05) is 24.8 Å². The molecule has 0 aromatic heterocycles. The van der Waals surface area contributed by atoms with E-state index >= 15 is 0 Å². The second-order valence-electron chi connectivity index (χ2n) is 3.73. The SMILES string of the molecule is CCOCC(CO)CCCCC(C)=N. The second kappa shape index (κ2) is 9.16. The molecule has 0 bridgehead atoms. The van der Waals surface area contributed by atoms with Crippen molar-refractivity contribution in [2.45, 2.75) is 39.5 Å². The van der Waals surface area contributed by atoms with Gasteiger partial charge in [-0.25, -0.2) is 0 Å². The first-order valence-electron chi connectivity index (χ1n) is 5.43. The van der Waals surface area contributed by atoms with Crippen LogP contribution in [0.4, 0.5) is 0 Å². The van der Waals surface area contributed by atoms with E-state index in [1.807, 2.05) is 13.8 Å². The predicted octanol–water partition coefficient (Wildman–Crippen LogP) is 2.23. The molecule has 0 heterocycles. The van der Waals surface area contributed by atoms with Crippen LogP contribution in [0.2, 0.25) is 0 Å². The lowest BCUT2D eigenvalue weighted by Gasteiger charge is -2.13. The molecule has 84 valence electrons. The lowest BCUT2D eigenvalue weighted by atomic mass is 10.0. The lowest BCUT2D eigenvalue weighted by molar-refractivity contribution is 0.0761. The van der Waals surface area contributed by atoms with E-state index in [-0.39, 0.29) is 12.5 Å². The van der Waals surface area contributed by atoms with Gasteiger partial charge in [0.1, 0.15) is 0 Å². The molecule has 3 heteroatoms. The maximum absolute atomic E-state index is 9.04. The first kappa shape index (κ1) is 13.6. The van der Waals surface area contributed by atoms with E-state index < -0.39 is 0 Å². The quantitative estimate of drug-likeness (QED) is 0.444. The van der Waals surface area contributed by atoms with E-state index in [1.54, 1.807) is 0 Å². The fourth-order valence-electron chi connectivity index (χ4n) is 1.34. The van der Waals surface area contributed by atoms with Gasteiger partial charge in [-0.2, -0.15) is 0 Å². The summed E-state index contributed by atoms with van der Waals surface area (Å²) < 4.78 is 5.26. The highest BCUT2D eigenvalue weighted by Crippen LogP contribution is 2.10. The number of ether oxygens (including phenoxy) is 1. The van der Waals surface area contributed by atoms with Gasteiger partial charge in [0.15, 0.2) is 0 Å². The Labute approximate surface area is 87.0 Å². The molecule has 0 aliphatic carbocycles. The van der Waals surface area contributed by atoms with Crippen LogP contribution in [0.3, 0.4) is 0 Å². The average molecular weight is 201 g/mol. The van der Waals surface area contributed by atoms with Crippen molar-refractivity contribution in [2.75, 3.05) is 19.8 Å². The summed E-state index contributed by atoms with van der Waals surface area (Å²) >= 11 is 0. The van der Waals surface area contributed by atoms with E-state index in [2.05, 4.69) is 0 Å². The molecule has 0 aromatic rings. The summed E-state index contributed by atoms with van der Waals surface area (Å²) in [6, 6.07) is 0. The van der Waals surface area contributed by atoms with Gasteiger partial charge < -0.3 is 15.3 Å². The molecule has 2 N–H and O–H groups in total. The van der Waals surface area contributed by atoms with E-state index in [9.17, 15) is 0 Å². The van der Waals surface area contributed by atoms with Gasteiger partial charge in [-0.3, -0.25) is 0 Å². The summed E-state index contributed by atoms with van der Waals surface area (Å²) in [5, 5.41) is 16.3. The van der Waals surface area contributed by atoms with E-state index in [1.165, 1.54) is 0 Å². The molecule has 1 unspecified atom stereocenters. The van der Waals surface area contributed by atoms with Crippen molar-refractivity contribution in [3.8, 4) is 0 Å². The Morgan fingerprint density at radius 3 is 2.64 bits per heavy atom. The van der Waals surface area contributed by atoms with Gasteiger partial charge in [-0.05, 0) is 33.1 Å². The van der Waals surface area contributed by atoms with Crippen LogP contribution >= 0.6 is 0 Å². The molecular weight excluding hydrogens is 178 g/mol. The topological polar surface area (TPSA) is 53.3 Å². The van der Waals surface area contributed by atoms with Gasteiger partial charge in [-0.1, -0.05) is 6.42 Å². The fraction of sp³-hybridized carbons (Fsp3) is 0.909. The average Bonchev–Trinajstić information content (AvgIpc) is 2.16. The minimum Gasteiger partial charge on any atom is -0.396 e. The largest absolute Gasteiger partial charge is 0.396 e. The summed E-state index contributed by atoms with van der Waals surface area (Å²) in [7, 11) is 0. The molecule has 1 atom stereocenters. The maximum atomic E-state index is 9.04.